The Kier molecular flexibility index (Phi) is 12.1. The molecular weight excluding hydrogens is 783 g/mol. The molecule has 0 aromatic heterocycles. The lowest BCUT2D eigenvalue weighted by molar-refractivity contribution is -0.139. The standard InChI is InChI=1S/C31H29BrClIN4O7/c1-4-43-30(40)27-17(2)36-31(41)37-28(27)19-9-10-24(25(13-19)42-3)44-16-26(39)38-35-14-18-11-21(32)29(23(34)12-18)45-15-20-7-5-6-8-22(20)33/h5-14,28H,4,15-16H2,1-3H3,(H,38,39)(H2,36,37,41)/b35-14-/t28-/m1/s1. The molecule has 3 aromatic carbocycles. The molecule has 0 fully saturated rings. The molecule has 4 rings (SSSR count). The smallest absolute Gasteiger partial charge is 0.338 e. The SMILES string of the molecule is CCOC(=O)C1=C(C)NC(=O)N[C@@H]1c1ccc(OCC(=O)N/N=C\c2cc(Br)c(OCc3ccccc3Cl)c(I)c2)c(OC)c1. The number of allylic oxidation sites excluding steroid dienone is 1. The Labute approximate surface area is 286 Å². The van der Waals surface area contributed by atoms with E-state index in [9.17, 15) is 14.4 Å². The number of rotatable bonds is 12. The quantitative estimate of drug-likeness (QED) is 0.0882. The van der Waals surface area contributed by atoms with Gasteiger partial charge < -0.3 is 29.6 Å². The number of halogens is 3. The van der Waals surface area contributed by atoms with Gasteiger partial charge in [-0.15, -0.1) is 0 Å². The van der Waals surface area contributed by atoms with Gasteiger partial charge in [0.25, 0.3) is 5.91 Å². The number of carbonyl (C=O) groups excluding carboxylic acids is 3. The molecule has 0 saturated heterocycles. The second kappa shape index (κ2) is 16.0. The second-order valence-corrected chi connectivity index (χ2v) is 11.9. The van der Waals surface area contributed by atoms with E-state index in [1.807, 2.05) is 36.4 Å². The van der Waals surface area contributed by atoms with Crippen LogP contribution >= 0.6 is 50.1 Å². The van der Waals surface area contributed by atoms with Gasteiger partial charge in [0.2, 0.25) is 0 Å². The van der Waals surface area contributed by atoms with Gasteiger partial charge >= 0.3 is 12.0 Å². The maximum atomic E-state index is 12.6. The van der Waals surface area contributed by atoms with Crippen molar-refractivity contribution < 1.29 is 33.3 Å². The van der Waals surface area contributed by atoms with Crippen molar-refractivity contribution in [3.05, 3.63) is 95.6 Å². The number of nitrogens with one attached hydrogen (secondary N) is 3. The van der Waals surface area contributed by atoms with Gasteiger partial charge in [-0.25, -0.2) is 15.0 Å². The van der Waals surface area contributed by atoms with E-state index in [2.05, 4.69) is 59.7 Å². The maximum Gasteiger partial charge on any atom is 0.338 e. The molecule has 236 valence electrons. The molecule has 3 aromatic rings. The highest BCUT2D eigenvalue weighted by atomic mass is 127. The molecule has 1 aliphatic rings. The molecule has 0 bridgehead atoms. The topological polar surface area (TPSA) is 137 Å². The van der Waals surface area contributed by atoms with E-state index in [0.717, 1.165) is 19.2 Å². The van der Waals surface area contributed by atoms with Gasteiger partial charge in [0, 0.05) is 16.3 Å². The number of amides is 3. The van der Waals surface area contributed by atoms with E-state index >= 15 is 0 Å². The monoisotopic (exact) mass is 810 g/mol. The third-order valence-electron chi connectivity index (χ3n) is 6.40. The Morgan fingerprint density at radius 1 is 1.13 bits per heavy atom. The summed E-state index contributed by atoms with van der Waals surface area (Å²) in [5.41, 5.74) is 5.26. The second-order valence-electron chi connectivity index (χ2n) is 9.48. The van der Waals surface area contributed by atoms with Crippen LogP contribution in [0.1, 0.15) is 36.6 Å². The fourth-order valence-corrected chi connectivity index (χ4v) is 6.28. The Morgan fingerprint density at radius 3 is 2.62 bits per heavy atom. The molecule has 0 spiro atoms. The molecule has 1 heterocycles. The fourth-order valence-electron chi connectivity index (χ4n) is 4.32. The van der Waals surface area contributed by atoms with Crippen LogP contribution in [0, 0.1) is 3.57 Å². The lowest BCUT2D eigenvalue weighted by atomic mass is 9.95. The minimum atomic E-state index is -0.774. The van der Waals surface area contributed by atoms with Crippen LogP contribution in [0.5, 0.6) is 17.2 Å². The average Bonchev–Trinajstić information content (AvgIpc) is 3.00. The zero-order valence-electron chi connectivity index (χ0n) is 24.4. The van der Waals surface area contributed by atoms with Crippen LogP contribution in [0.4, 0.5) is 4.79 Å². The van der Waals surface area contributed by atoms with Crippen LogP contribution in [-0.2, 0) is 20.9 Å². The first-order chi connectivity index (χ1) is 21.6. The predicted molar refractivity (Wildman–Crippen MR) is 181 cm³/mol. The van der Waals surface area contributed by atoms with Gasteiger partial charge in [0.15, 0.2) is 18.1 Å². The van der Waals surface area contributed by atoms with Crippen LogP contribution in [0.3, 0.4) is 0 Å². The van der Waals surface area contributed by atoms with Gasteiger partial charge in [-0.05, 0) is 93.8 Å². The van der Waals surface area contributed by atoms with Crippen LogP contribution in [0.25, 0.3) is 0 Å². The molecule has 11 nitrogen and oxygen atoms in total. The van der Waals surface area contributed by atoms with Crippen LogP contribution in [0.2, 0.25) is 5.02 Å². The first-order valence-corrected chi connectivity index (χ1v) is 15.8. The highest BCUT2D eigenvalue weighted by Crippen LogP contribution is 2.35. The van der Waals surface area contributed by atoms with Crippen molar-refractivity contribution in [3.8, 4) is 17.2 Å². The summed E-state index contributed by atoms with van der Waals surface area (Å²) in [4.78, 5) is 37.2. The number of nitrogens with zero attached hydrogens (tertiary/aromatic N) is 1. The van der Waals surface area contributed by atoms with Gasteiger partial charge in [-0.1, -0.05) is 35.9 Å². The number of hydrazone groups is 1. The summed E-state index contributed by atoms with van der Waals surface area (Å²) < 4.78 is 23.8. The third-order valence-corrected chi connectivity index (χ3v) is 8.16. The summed E-state index contributed by atoms with van der Waals surface area (Å²) in [7, 11) is 1.44. The fraction of sp³-hybridized carbons (Fsp3) is 0.226. The Bertz CT molecular complexity index is 1640. The number of ether oxygens (including phenoxy) is 4. The van der Waals surface area contributed by atoms with Crippen molar-refractivity contribution in [3.63, 3.8) is 0 Å². The number of carbonyl (C=O) groups is 3. The highest BCUT2D eigenvalue weighted by molar-refractivity contribution is 14.1. The van der Waals surface area contributed by atoms with Crippen molar-refractivity contribution in [1.82, 2.24) is 16.1 Å². The molecule has 14 heteroatoms. The lowest BCUT2D eigenvalue weighted by Crippen LogP contribution is -2.45. The number of esters is 1. The molecule has 1 aliphatic heterocycles. The first kappa shape index (κ1) is 34.1. The third kappa shape index (κ3) is 8.89. The molecule has 45 heavy (non-hydrogen) atoms. The van der Waals surface area contributed by atoms with Crippen molar-refractivity contribution in [2.24, 2.45) is 5.10 Å². The number of hydrogen-bond donors (Lipinski definition) is 3. The molecular formula is C31H29BrClIN4O7. The molecule has 0 radical (unpaired) electrons. The summed E-state index contributed by atoms with van der Waals surface area (Å²) in [5, 5.41) is 9.99. The zero-order valence-corrected chi connectivity index (χ0v) is 28.9. The summed E-state index contributed by atoms with van der Waals surface area (Å²) in [6.45, 7) is 3.47. The number of urea groups is 1. The maximum absolute atomic E-state index is 12.6. The molecule has 0 saturated carbocycles. The predicted octanol–water partition coefficient (Wildman–Crippen LogP) is 6.01. The summed E-state index contributed by atoms with van der Waals surface area (Å²) in [5.74, 6) is 0.192. The van der Waals surface area contributed by atoms with Crippen molar-refractivity contribution in [2.75, 3.05) is 20.3 Å². The molecule has 1 atom stereocenters. The van der Waals surface area contributed by atoms with Gasteiger partial charge in [0.1, 0.15) is 12.4 Å². The van der Waals surface area contributed by atoms with Gasteiger partial charge in [0.05, 0.1) is 39.6 Å². The van der Waals surface area contributed by atoms with Gasteiger partial charge in [-0.2, -0.15) is 5.10 Å². The van der Waals surface area contributed by atoms with Crippen LogP contribution in [0.15, 0.2) is 75.4 Å². The van der Waals surface area contributed by atoms with Crippen LogP contribution < -0.4 is 30.3 Å². The van der Waals surface area contributed by atoms with E-state index in [1.165, 1.54) is 13.3 Å². The number of methoxy groups -OCH3 is 1. The minimum Gasteiger partial charge on any atom is -0.493 e. The molecule has 0 aliphatic carbocycles. The van der Waals surface area contributed by atoms with E-state index in [1.54, 1.807) is 32.0 Å². The highest BCUT2D eigenvalue weighted by Gasteiger charge is 2.32. The zero-order chi connectivity index (χ0) is 32.5. The van der Waals surface area contributed by atoms with Gasteiger partial charge in [-0.3, -0.25) is 4.79 Å². The van der Waals surface area contributed by atoms with Crippen LogP contribution in [-0.4, -0.2) is 44.4 Å². The molecule has 0 unspecified atom stereocenters. The Balaban J connectivity index is 1.36. The average molecular weight is 812 g/mol. The number of hydrogen-bond acceptors (Lipinski definition) is 8. The lowest BCUT2D eigenvalue weighted by Gasteiger charge is -2.28. The molecule has 3 N–H and O–H groups in total. The van der Waals surface area contributed by atoms with E-state index in [4.69, 9.17) is 30.5 Å². The van der Waals surface area contributed by atoms with E-state index in [0.29, 0.717) is 34.4 Å². The van der Waals surface area contributed by atoms with Crippen molar-refractivity contribution >= 4 is 74.2 Å². The summed E-state index contributed by atoms with van der Waals surface area (Å²) in [6.07, 6.45) is 1.50. The molecule has 3 amide bonds. The van der Waals surface area contributed by atoms with E-state index < -0.39 is 23.9 Å². The summed E-state index contributed by atoms with van der Waals surface area (Å²) >= 11 is 11.9. The Morgan fingerprint density at radius 2 is 1.91 bits per heavy atom. The Hall–Kier alpha value is -3.82. The first-order valence-electron chi connectivity index (χ1n) is 13.5. The van der Waals surface area contributed by atoms with Crippen molar-refractivity contribution in [1.29, 1.82) is 0 Å². The van der Waals surface area contributed by atoms with Crippen molar-refractivity contribution in [2.45, 2.75) is 26.5 Å². The number of benzene rings is 3. The van der Waals surface area contributed by atoms with E-state index in [-0.39, 0.29) is 24.5 Å². The minimum absolute atomic E-state index is 0.182. The summed E-state index contributed by atoms with van der Waals surface area (Å²) in [6, 6.07) is 14.8. The normalized spacial score (nSPS) is 14.4. The largest absolute Gasteiger partial charge is 0.493 e.